The summed E-state index contributed by atoms with van der Waals surface area (Å²) in [4.78, 5) is 74.3. The van der Waals surface area contributed by atoms with E-state index in [1.165, 1.54) is 11.0 Å². The molecule has 3 atom stereocenters. The van der Waals surface area contributed by atoms with Crippen molar-refractivity contribution in [1.82, 2.24) is 15.1 Å². The molecule has 0 aliphatic carbocycles. The van der Waals surface area contributed by atoms with Gasteiger partial charge in [0, 0.05) is 13.1 Å². The first kappa shape index (κ1) is 72.5. The van der Waals surface area contributed by atoms with Crippen molar-refractivity contribution in [1.29, 1.82) is 0 Å². The fourth-order valence-electron chi connectivity index (χ4n) is 10.7. The van der Waals surface area contributed by atoms with Crippen LogP contribution in [0.1, 0.15) is 129 Å². The third-order valence-electron chi connectivity index (χ3n) is 15.4. The minimum Gasteiger partial charge on any atom is -0.486 e. The number of nitrogens with one attached hydrogen (secondary N) is 1. The molecule has 2 amide bonds. The van der Waals surface area contributed by atoms with Crippen LogP contribution < -0.4 is 19.5 Å². The Hall–Kier alpha value is -10.4. The summed E-state index contributed by atoms with van der Waals surface area (Å²) in [6, 6.07) is 61.8. The molecule has 0 radical (unpaired) electrons. The van der Waals surface area contributed by atoms with E-state index in [1.54, 1.807) is 35.2 Å². The molecule has 508 valence electrons. The number of amides is 2. The number of likely N-dealkylation sites (tertiary alicyclic amines) is 2. The zero-order valence-electron chi connectivity index (χ0n) is 55.2. The molecule has 3 fully saturated rings. The van der Waals surface area contributed by atoms with E-state index < -0.39 is 35.5 Å². The van der Waals surface area contributed by atoms with Crippen LogP contribution >= 0.6 is 12.4 Å². The monoisotopic (exact) mass is 1340 g/mol. The van der Waals surface area contributed by atoms with E-state index in [2.05, 4.69) is 17.4 Å². The smallest absolute Gasteiger partial charge is 0.371 e. The number of carbonyl (C=O) groups excluding carboxylic acids is 4. The van der Waals surface area contributed by atoms with Crippen LogP contribution in [-0.4, -0.2) is 105 Å². The first-order valence-electron chi connectivity index (χ1n) is 32.0. The first-order chi connectivity index (χ1) is 46.1. The van der Waals surface area contributed by atoms with Gasteiger partial charge in [0.15, 0.2) is 11.5 Å². The van der Waals surface area contributed by atoms with Gasteiger partial charge < -0.3 is 62.3 Å². The van der Waals surface area contributed by atoms with E-state index >= 15 is 0 Å². The summed E-state index contributed by atoms with van der Waals surface area (Å²) in [7, 11) is 0. The second-order valence-corrected chi connectivity index (χ2v) is 25.0. The molecule has 19 nitrogen and oxygen atoms in total. The molecule has 6 aromatic carbocycles. The summed E-state index contributed by atoms with van der Waals surface area (Å²) >= 11 is 0. The van der Waals surface area contributed by atoms with Crippen LogP contribution in [0.2, 0.25) is 0 Å². The molecule has 20 heteroatoms. The molecule has 97 heavy (non-hydrogen) atoms. The fraction of sp³-hybridized carbons (Fsp3) is 0.299. The van der Waals surface area contributed by atoms with Crippen LogP contribution in [-0.2, 0) is 43.7 Å². The van der Waals surface area contributed by atoms with Gasteiger partial charge in [-0.05, 0) is 193 Å². The van der Waals surface area contributed by atoms with Crippen LogP contribution in [0.15, 0.2) is 213 Å². The molecule has 0 saturated carbocycles. The molecule has 3 aliphatic heterocycles. The van der Waals surface area contributed by atoms with Crippen molar-refractivity contribution in [3.63, 3.8) is 0 Å². The Morgan fingerprint density at radius 2 is 0.763 bits per heavy atom. The van der Waals surface area contributed by atoms with E-state index in [4.69, 9.17) is 42.0 Å². The lowest BCUT2D eigenvalue weighted by Gasteiger charge is -2.26. The number of rotatable bonds is 18. The maximum atomic E-state index is 13.0. The average Bonchev–Trinajstić information content (AvgIpc) is 1.75. The molecule has 9 aromatic rings. The number of furan rings is 3. The van der Waals surface area contributed by atoms with Crippen molar-refractivity contribution < 1.29 is 75.9 Å². The zero-order valence-corrected chi connectivity index (χ0v) is 56.0. The minimum absolute atomic E-state index is 0. The van der Waals surface area contributed by atoms with E-state index in [1.807, 2.05) is 193 Å². The summed E-state index contributed by atoms with van der Waals surface area (Å²) in [5.41, 5.74) is 5.79. The Labute approximate surface area is 570 Å². The minimum atomic E-state index is -1.08. The number of benzene rings is 6. The third-order valence-corrected chi connectivity index (χ3v) is 15.4. The Bertz CT molecular complexity index is 3980. The number of hydrogen-bond donors (Lipinski definition) is 3. The molecule has 0 unspecified atom stereocenters. The van der Waals surface area contributed by atoms with Gasteiger partial charge in [0.1, 0.15) is 83.7 Å². The van der Waals surface area contributed by atoms with E-state index in [-0.39, 0.29) is 79.0 Å². The molecule has 0 bridgehead atoms. The van der Waals surface area contributed by atoms with Crippen molar-refractivity contribution >= 4 is 48.1 Å². The number of esters is 2. The standard InChI is InChI=1S/C27H29NO5.C23H21NO5.C18H14O4.C9H17NO2.ClH/c1-27(2,3)33-26(30)23-10-7-17-28(23)25(29)24-16-15-22(32-24)18-31-21-13-11-20(12-14-21)19-8-5-4-6-9-19;25-22(24-14-4-7-20(24)23(26)27)21-13-12-19(29-21)15-28-18-10-8-17(9-11-18)16-5-2-1-3-6-16;19-18(20)17-11-10-16(22-17)12-21-15-8-6-14(7-9-15)13-4-2-1-3-5-13;1-9(2,3)12-8(11)7-5-4-6-10-7;/h4-6,8-9,11-16,23H,7,10,17-18H2,1-3H3;1-3,5-6,8-13,20H,4,7,14-15H2,(H,26,27);1-11H,12H2,(H,19,20);7,10H,4-6H2,1-3H3;1H/t23-;20-;;7-;/m11.1./s1. The van der Waals surface area contributed by atoms with Gasteiger partial charge >= 0.3 is 23.9 Å². The van der Waals surface area contributed by atoms with Gasteiger partial charge in [0.25, 0.3) is 11.8 Å². The maximum absolute atomic E-state index is 13.0. The van der Waals surface area contributed by atoms with Gasteiger partial charge in [-0.25, -0.2) is 14.4 Å². The summed E-state index contributed by atoms with van der Waals surface area (Å²) in [6.45, 7) is 13.6. The topological polar surface area (TPSA) is 247 Å². The number of ether oxygens (including phenoxy) is 5. The summed E-state index contributed by atoms with van der Waals surface area (Å²) < 4.78 is 44.3. The Morgan fingerprint density at radius 3 is 1.10 bits per heavy atom. The highest BCUT2D eigenvalue weighted by atomic mass is 35.5. The van der Waals surface area contributed by atoms with Crippen molar-refractivity contribution in [3.05, 3.63) is 235 Å². The van der Waals surface area contributed by atoms with Gasteiger partial charge in [-0.1, -0.05) is 127 Å². The second kappa shape index (κ2) is 34.3. The SMILES string of the molecule is CC(C)(C)OC(=O)[C@H]1CCCN1.CC(C)(C)OC(=O)[C@H]1CCCN1C(=O)c1ccc(COc2ccc(-c3ccccc3)cc2)o1.Cl.O=C(O)[C@H]1CCCN1C(=O)c1ccc(COc2ccc(-c3ccccc3)cc2)o1.O=C(O)c1ccc(COc2ccc(-c3ccccc3)cc2)o1. The van der Waals surface area contributed by atoms with E-state index in [0.29, 0.717) is 66.9 Å². The summed E-state index contributed by atoms with van der Waals surface area (Å²) in [5, 5.41) is 21.1. The van der Waals surface area contributed by atoms with Crippen LogP contribution in [0.4, 0.5) is 0 Å². The van der Waals surface area contributed by atoms with Gasteiger partial charge in [-0.3, -0.25) is 14.4 Å². The van der Waals surface area contributed by atoms with Crippen molar-refractivity contribution in [2.75, 3.05) is 19.6 Å². The lowest BCUT2D eigenvalue weighted by molar-refractivity contribution is -0.159. The maximum Gasteiger partial charge on any atom is 0.371 e. The Morgan fingerprint density at radius 1 is 0.423 bits per heavy atom. The van der Waals surface area contributed by atoms with Gasteiger partial charge in [-0.15, -0.1) is 12.4 Å². The fourth-order valence-corrected chi connectivity index (χ4v) is 10.7. The number of carbonyl (C=O) groups is 6. The summed E-state index contributed by atoms with van der Waals surface area (Å²) in [5.74, 6) is 0.629. The molecule has 3 aromatic heterocycles. The molecule has 3 saturated heterocycles. The number of halogens is 1. The van der Waals surface area contributed by atoms with Gasteiger partial charge in [-0.2, -0.15) is 0 Å². The van der Waals surface area contributed by atoms with Crippen molar-refractivity contribution in [2.45, 2.75) is 129 Å². The highest BCUT2D eigenvalue weighted by Gasteiger charge is 2.39. The van der Waals surface area contributed by atoms with Crippen molar-refractivity contribution in [2.24, 2.45) is 0 Å². The molecule has 12 rings (SSSR count). The lowest BCUT2D eigenvalue weighted by atomic mass is 10.1. The Kier molecular flexibility index (Phi) is 25.7. The van der Waals surface area contributed by atoms with Crippen LogP contribution in [0.25, 0.3) is 33.4 Å². The Balaban J connectivity index is 0.000000173. The number of aromatic carboxylic acids is 1. The number of carboxylic acid groups (broad SMARTS) is 2. The number of nitrogens with zero attached hydrogens (tertiary/aromatic N) is 2. The highest BCUT2D eigenvalue weighted by Crippen LogP contribution is 2.29. The highest BCUT2D eigenvalue weighted by molar-refractivity contribution is 5.96. The third kappa shape index (κ3) is 21.6. The quantitative estimate of drug-likeness (QED) is 0.0676. The van der Waals surface area contributed by atoms with E-state index in [0.717, 1.165) is 59.2 Å². The van der Waals surface area contributed by atoms with Crippen LogP contribution in [0, 0.1) is 0 Å². The largest absolute Gasteiger partial charge is 0.486 e. The molecular formula is C77H82ClN3O16. The number of carboxylic acids is 2. The molecule has 3 aliphatic rings. The molecular weight excluding hydrogens is 1260 g/mol. The lowest BCUT2D eigenvalue weighted by Crippen LogP contribution is -2.43. The first-order valence-corrected chi connectivity index (χ1v) is 32.0. The normalized spacial score (nSPS) is 15.5. The van der Waals surface area contributed by atoms with Crippen molar-refractivity contribution in [3.8, 4) is 50.6 Å². The second-order valence-electron chi connectivity index (χ2n) is 25.0. The van der Waals surface area contributed by atoms with E-state index in [9.17, 15) is 33.9 Å². The summed E-state index contributed by atoms with van der Waals surface area (Å²) in [6.07, 6.45) is 4.48. The predicted molar refractivity (Wildman–Crippen MR) is 367 cm³/mol. The molecule has 6 heterocycles. The van der Waals surface area contributed by atoms with Crippen LogP contribution in [0.3, 0.4) is 0 Å². The molecule has 0 spiro atoms. The number of aliphatic carboxylic acids is 1. The predicted octanol–water partition coefficient (Wildman–Crippen LogP) is 15.4. The number of hydrogen-bond acceptors (Lipinski definition) is 15. The average molecular weight is 1340 g/mol. The molecule has 3 N–H and O–H groups in total. The van der Waals surface area contributed by atoms with Gasteiger partial charge in [0.2, 0.25) is 5.76 Å². The zero-order chi connectivity index (χ0) is 68.2. The van der Waals surface area contributed by atoms with Crippen LogP contribution in [0.5, 0.6) is 17.2 Å². The van der Waals surface area contributed by atoms with Gasteiger partial charge in [0.05, 0.1) is 0 Å².